The van der Waals surface area contributed by atoms with Crippen molar-refractivity contribution >= 4 is 10.1 Å². The van der Waals surface area contributed by atoms with E-state index in [0.29, 0.717) is 11.8 Å². The summed E-state index contributed by atoms with van der Waals surface area (Å²) in [6.45, 7) is 2.00. The van der Waals surface area contributed by atoms with Gasteiger partial charge in [0.25, 0.3) is 10.1 Å². The molecule has 2 saturated carbocycles. The van der Waals surface area contributed by atoms with Crippen LogP contribution in [-0.2, 0) is 14.3 Å². The van der Waals surface area contributed by atoms with Crippen LogP contribution in [0.3, 0.4) is 0 Å². The lowest BCUT2D eigenvalue weighted by atomic mass is 9.87. The van der Waals surface area contributed by atoms with E-state index in [-0.39, 0.29) is 17.4 Å². The summed E-state index contributed by atoms with van der Waals surface area (Å²) in [6.07, 6.45) is 2.76. The van der Waals surface area contributed by atoms with E-state index in [2.05, 4.69) is 0 Å². The number of aliphatic hydroxyl groups is 1. The predicted molar refractivity (Wildman–Crippen MR) is 74.6 cm³/mol. The van der Waals surface area contributed by atoms with Crippen molar-refractivity contribution in [2.24, 2.45) is 17.8 Å². The highest BCUT2D eigenvalue weighted by molar-refractivity contribution is 7.86. The molecule has 20 heavy (non-hydrogen) atoms. The zero-order valence-corrected chi connectivity index (χ0v) is 12.3. The van der Waals surface area contributed by atoms with Gasteiger partial charge in [0, 0.05) is 5.92 Å². The number of rotatable bonds is 4. The van der Waals surface area contributed by atoms with E-state index < -0.39 is 16.2 Å². The summed E-state index contributed by atoms with van der Waals surface area (Å²) in [5, 5.41) is 10.1. The molecule has 1 aromatic carbocycles. The molecule has 0 saturated heterocycles. The summed E-state index contributed by atoms with van der Waals surface area (Å²) in [6, 6.07) is 6.62. The molecule has 0 amide bonds. The van der Waals surface area contributed by atoms with Crippen molar-refractivity contribution in [1.82, 2.24) is 0 Å². The van der Waals surface area contributed by atoms with E-state index in [0.717, 1.165) is 24.8 Å². The third kappa shape index (κ3) is 2.50. The highest BCUT2D eigenvalue weighted by Gasteiger charge is 2.47. The van der Waals surface area contributed by atoms with Gasteiger partial charge in [0.2, 0.25) is 0 Å². The number of aliphatic hydroxyl groups excluding tert-OH is 1. The van der Waals surface area contributed by atoms with E-state index in [1.165, 1.54) is 0 Å². The molecule has 0 aromatic heterocycles. The van der Waals surface area contributed by atoms with Crippen LogP contribution in [0.4, 0.5) is 0 Å². The number of hydrogen-bond donors (Lipinski definition) is 1. The molecule has 1 N–H and O–H groups in total. The predicted octanol–water partition coefficient (Wildman–Crippen LogP) is 2.11. The smallest absolute Gasteiger partial charge is 0.296 e. The fourth-order valence-corrected chi connectivity index (χ4v) is 4.50. The number of aryl methyl sites for hydroxylation is 1. The summed E-state index contributed by atoms with van der Waals surface area (Å²) in [5.41, 5.74) is 1.01. The van der Waals surface area contributed by atoms with Crippen LogP contribution in [0, 0.1) is 24.7 Å². The van der Waals surface area contributed by atoms with E-state index in [1.807, 2.05) is 6.92 Å². The summed E-state index contributed by atoms with van der Waals surface area (Å²) >= 11 is 0. The SMILES string of the molecule is Cc1ccc(S(=O)(=O)OC[C@H]2[C@@H]3CC[C@@H](C3)[C@@H]2O)cc1. The van der Waals surface area contributed by atoms with Crippen LogP contribution >= 0.6 is 0 Å². The van der Waals surface area contributed by atoms with Gasteiger partial charge in [-0.25, -0.2) is 0 Å². The molecule has 0 aliphatic heterocycles. The molecule has 2 bridgehead atoms. The molecule has 1 aromatic rings. The summed E-state index contributed by atoms with van der Waals surface area (Å²) in [5.74, 6) is 0.730. The van der Waals surface area contributed by atoms with Crippen molar-refractivity contribution in [2.75, 3.05) is 6.61 Å². The van der Waals surface area contributed by atoms with Gasteiger partial charge in [-0.15, -0.1) is 0 Å². The first kappa shape index (κ1) is 14.0. The lowest BCUT2D eigenvalue weighted by Crippen LogP contribution is -2.31. The minimum absolute atomic E-state index is 0.0334. The molecule has 110 valence electrons. The Kier molecular flexibility index (Phi) is 3.60. The van der Waals surface area contributed by atoms with Gasteiger partial charge in [-0.3, -0.25) is 4.18 Å². The van der Waals surface area contributed by atoms with Gasteiger partial charge < -0.3 is 5.11 Å². The van der Waals surface area contributed by atoms with Gasteiger partial charge in [0.05, 0.1) is 17.6 Å². The zero-order chi connectivity index (χ0) is 14.3. The second-order valence-corrected chi connectivity index (χ2v) is 7.65. The quantitative estimate of drug-likeness (QED) is 0.864. The van der Waals surface area contributed by atoms with Crippen LogP contribution in [0.15, 0.2) is 29.2 Å². The molecule has 0 radical (unpaired) electrons. The Bertz CT molecular complexity index is 576. The maximum absolute atomic E-state index is 12.1. The number of hydrogen-bond acceptors (Lipinski definition) is 4. The zero-order valence-electron chi connectivity index (χ0n) is 11.5. The molecule has 0 spiro atoms. The lowest BCUT2D eigenvalue weighted by Gasteiger charge is -2.26. The van der Waals surface area contributed by atoms with E-state index >= 15 is 0 Å². The maximum Gasteiger partial charge on any atom is 0.296 e. The van der Waals surface area contributed by atoms with Crippen LogP contribution in [0.1, 0.15) is 24.8 Å². The van der Waals surface area contributed by atoms with Crippen LogP contribution < -0.4 is 0 Å². The molecular formula is C15H20O4S. The minimum atomic E-state index is -3.72. The molecule has 5 heteroatoms. The van der Waals surface area contributed by atoms with Gasteiger partial charge in [-0.05, 0) is 50.2 Å². The monoisotopic (exact) mass is 296 g/mol. The van der Waals surface area contributed by atoms with Crippen molar-refractivity contribution in [3.05, 3.63) is 29.8 Å². The standard InChI is InChI=1S/C15H20O4S/c1-10-2-6-13(7-3-10)20(17,18)19-9-14-11-4-5-12(8-11)15(14)16/h2-3,6-7,11-12,14-16H,4-5,8-9H2,1H3/t11-,12+,14+,15+/m1/s1. The first-order chi connectivity index (χ1) is 9.47. The van der Waals surface area contributed by atoms with Crippen molar-refractivity contribution in [3.63, 3.8) is 0 Å². The van der Waals surface area contributed by atoms with Crippen LogP contribution in [0.25, 0.3) is 0 Å². The van der Waals surface area contributed by atoms with Crippen molar-refractivity contribution < 1.29 is 17.7 Å². The van der Waals surface area contributed by atoms with Crippen molar-refractivity contribution in [2.45, 2.75) is 37.2 Å². The summed E-state index contributed by atoms with van der Waals surface area (Å²) in [4.78, 5) is 0.181. The Labute approximate surface area is 119 Å². The molecule has 2 aliphatic rings. The van der Waals surface area contributed by atoms with Gasteiger partial charge >= 0.3 is 0 Å². The van der Waals surface area contributed by atoms with Crippen molar-refractivity contribution in [1.29, 1.82) is 0 Å². The minimum Gasteiger partial charge on any atom is -0.392 e. The Balaban J connectivity index is 1.67. The van der Waals surface area contributed by atoms with E-state index in [1.54, 1.807) is 24.3 Å². The Morgan fingerprint density at radius 1 is 1.20 bits per heavy atom. The highest BCUT2D eigenvalue weighted by atomic mass is 32.2. The van der Waals surface area contributed by atoms with E-state index in [4.69, 9.17) is 4.18 Å². The van der Waals surface area contributed by atoms with Crippen LogP contribution in [0.2, 0.25) is 0 Å². The van der Waals surface area contributed by atoms with Crippen LogP contribution in [0.5, 0.6) is 0 Å². The Morgan fingerprint density at radius 3 is 2.45 bits per heavy atom. The fraction of sp³-hybridized carbons (Fsp3) is 0.600. The number of benzene rings is 1. The largest absolute Gasteiger partial charge is 0.392 e. The normalized spacial score (nSPS) is 32.7. The van der Waals surface area contributed by atoms with Gasteiger partial charge in [-0.1, -0.05) is 17.7 Å². The highest BCUT2D eigenvalue weighted by Crippen LogP contribution is 2.48. The van der Waals surface area contributed by atoms with Gasteiger partial charge in [0.1, 0.15) is 0 Å². The summed E-state index contributed by atoms with van der Waals surface area (Å²) < 4.78 is 29.4. The van der Waals surface area contributed by atoms with Crippen molar-refractivity contribution in [3.8, 4) is 0 Å². The molecule has 0 unspecified atom stereocenters. The third-order valence-electron chi connectivity index (χ3n) is 4.77. The molecule has 2 aliphatic carbocycles. The first-order valence-electron chi connectivity index (χ1n) is 7.11. The number of fused-ring (bicyclic) bond motifs is 2. The molecule has 3 rings (SSSR count). The molecule has 4 nitrogen and oxygen atoms in total. The molecule has 2 fully saturated rings. The fourth-order valence-electron chi connectivity index (χ4n) is 3.56. The third-order valence-corrected chi connectivity index (χ3v) is 6.06. The van der Waals surface area contributed by atoms with Gasteiger partial charge in [0.15, 0.2) is 0 Å². The lowest BCUT2D eigenvalue weighted by molar-refractivity contribution is 0.0350. The topological polar surface area (TPSA) is 63.6 Å². The average molecular weight is 296 g/mol. The second-order valence-electron chi connectivity index (χ2n) is 6.04. The maximum atomic E-state index is 12.1. The Hall–Kier alpha value is -0.910. The first-order valence-corrected chi connectivity index (χ1v) is 8.52. The van der Waals surface area contributed by atoms with Crippen LogP contribution in [-0.4, -0.2) is 26.2 Å². The van der Waals surface area contributed by atoms with E-state index in [9.17, 15) is 13.5 Å². The summed E-state index contributed by atoms with van der Waals surface area (Å²) in [7, 11) is -3.72. The molecule has 0 heterocycles. The average Bonchev–Trinajstić information content (AvgIpc) is 2.98. The second kappa shape index (κ2) is 5.13. The molecule has 4 atom stereocenters. The Morgan fingerprint density at radius 2 is 1.85 bits per heavy atom. The van der Waals surface area contributed by atoms with Gasteiger partial charge in [-0.2, -0.15) is 8.42 Å². The molecular weight excluding hydrogens is 276 g/mol.